The van der Waals surface area contributed by atoms with Crippen LogP contribution in [0.5, 0.6) is 0 Å². The van der Waals surface area contributed by atoms with Gasteiger partial charge in [0.25, 0.3) is 0 Å². The maximum absolute atomic E-state index is 4.01. The number of rotatable bonds is 3. The summed E-state index contributed by atoms with van der Waals surface area (Å²) in [5.74, 6) is 0. The van der Waals surface area contributed by atoms with Crippen LogP contribution in [0.25, 0.3) is 70.8 Å². The lowest BCUT2D eigenvalue weighted by Gasteiger charge is -2.38. The van der Waals surface area contributed by atoms with E-state index >= 15 is 0 Å². The molecule has 0 aliphatic carbocycles. The van der Waals surface area contributed by atoms with E-state index in [-0.39, 0.29) is 12.2 Å². The Morgan fingerprint density at radius 2 is 1.08 bits per heavy atom. The van der Waals surface area contributed by atoms with Crippen molar-refractivity contribution in [2.45, 2.75) is 12.2 Å². The van der Waals surface area contributed by atoms with Gasteiger partial charge in [0.05, 0.1) is 39.5 Å². The first-order valence-corrected chi connectivity index (χ1v) is 17.3. The highest BCUT2D eigenvalue weighted by molar-refractivity contribution is 6.21. The number of para-hydroxylation sites is 3. The van der Waals surface area contributed by atoms with E-state index in [0.29, 0.717) is 0 Å². The molecule has 0 bridgehead atoms. The summed E-state index contributed by atoms with van der Waals surface area (Å²) < 4.78 is 5.00. The minimum Gasteiger partial charge on any atom is -0.373 e. The van der Waals surface area contributed by atoms with Gasteiger partial charge in [-0.25, -0.2) is 0 Å². The molecule has 0 saturated carbocycles. The zero-order valence-corrected chi connectivity index (χ0v) is 27.2. The van der Waals surface area contributed by atoms with E-state index in [9.17, 15) is 0 Å². The van der Waals surface area contributed by atoms with Crippen LogP contribution in [0.3, 0.4) is 0 Å². The van der Waals surface area contributed by atoms with Crippen molar-refractivity contribution in [3.05, 3.63) is 175 Å². The summed E-state index contributed by atoms with van der Waals surface area (Å²) in [4.78, 5) is 0. The van der Waals surface area contributed by atoms with E-state index in [1.807, 2.05) is 0 Å². The van der Waals surface area contributed by atoms with Gasteiger partial charge < -0.3 is 19.8 Å². The number of anilines is 2. The van der Waals surface area contributed by atoms with Crippen LogP contribution in [0.1, 0.15) is 17.8 Å². The van der Waals surface area contributed by atoms with Crippen molar-refractivity contribution in [3.8, 4) is 5.69 Å². The van der Waals surface area contributed by atoms with E-state index in [4.69, 9.17) is 0 Å². The number of hydrogen-bond acceptors (Lipinski definition) is 2. The SMILES string of the molecule is c1ccc(C2Nc3ccccc3NC2n2c3cc(-n4c5ccccc5c5cc6ccccc6cc54)ccc3c3c4ccccc4ccc32)cc1. The second kappa shape index (κ2) is 10.5. The smallest absolute Gasteiger partial charge is 0.129 e. The van der Waals surface area contributed by atoms with Crippen molar-refractivity contribution < 1.29 is 0 Å². The first-order valence-electron chi connectivity index (χ1n) is 17.3. The van der Waals surface area contributed by atoms with Gasteiger partial charge in [0.1, 0.15) is 6.17 Å². The average Bonchev–Trinajstić information content (AvgIpc) is 3.68. The minimum absolute atomic E-state index is 0.0142. The summed E-state index contributed by atoms with van der Waals surface area (Å²) in [7, 11) is 0. The third-order valence-electron chi connectivity index (χ3n) is 10.8. The molecule has 0 amide bonds. The topological polar surface area (TPSA) is 33.9 Å². The highest BCUT2D eigenvalue weighted by Gasteiger charge is 2.33. The Hall–Kier alpha value is -6.52. The molecular weight excluding hydrogens is 609 g/mol. The first kappa shape index (κ1) is 27.4. The third kappa shape index (κ3) is 3.93. The van der Waals surface area contributed by atoms with Crippen molar-refractivity contribution >= 4 is 76.5 Å². The van der Waals surface area contributed by atoms with Gasteiger partial charge in [0.15, 0.2) is 0 Å². The zero-order valence-electron chi connectivity index (χ0n) is 27.2. The summed E-state index contributed by atoms with van der Waals surface area (Å²) in [6, 6.07) is 62.0. The highest BCUT2D eigenvalue weighted by Crippen LogP contribution is 2.46. The Morgan fingerprint density at radius 3 is 1.92 bits per heavy atom. The molecule has 10 aromatic rings. The van der Waals surface area contributed by atoms with Crippen LogP contribution in [0, 0.1) is 0 Å². The molecule has 50 heavy (non-hydrogen) atoms. The summed E-state index contributed by atoms with van der Waals surface area (Å²) in [5.41, 5.74) is 9.43. The fourth-order valence-electron chi connectivity index (χ4n) is 8.54. The lowest BCUT2D eigenvalue weighted by Crippen LogP contribution is -2.34. The Kier molecular flexibility index (Phi) is 5.75. The Balaban J connectivity index is 1.24. The maximum Gasteiger partial charge on any atom is 0.129 e. The lowest BCUT2D eigenvalue weighted by atomic mass is 10.00. The van der Waals surface area contributed by atoms with Crippen LogP contribution in [0.4, 0.5) is 11.4 Å². The molecular formula is C46H32N4. The molecule has 1 aliphatic heterocycles. The first-order chi connectivity index (χ1) is 24.8. The lowest BCUT2D eigenvalue weighted by molar-refractivity contribution is 0.506. The van der Waals surface area contributed by atoms with E-state index in [0.717, 1.165) is 17.1 Å². The molecule has 0 saturated heterocycles. The van der Waals surface area contributed by atoms with E-state index in [2.05, 4.69) is 190 Å². The van der Waals surface area contributed by atoms with Gasteiger partial charge >= 0.3 is 0 Å². The van der Waals surface area contributed by atoms with Crippen molar-refractivity contribution in [2.75, 3.05) is 10.6 Å². The summed E-state index contributed by atoms with van der Waals surface area (Å²) in [6.45, 7) is 0. The van der Waals surface area contributed by atoms with Gasteiger partial charge in [0, 0.05) is 27.2 Å². The van der Waals surface area contributed by atoms with Crippen molar-refractivity contribution in [1.29, 1.82) is 0 Å². The van der Waals surface area contributed by atoms with Crippen LogP contribution < -0.4 is 10.6 Å². The maximum atomic E-state index is 4.01. The van der Waals surface area contributed by atoms with Crippen LogP contribution in [-0.2, 0) is 0 Å². The zero-order chi connectivity index (χ0) is 32.8. The second-order valence-electron chi connectivity index (χ2n) is 13.5. The number of nitrogens with zero attached hydrogens (tertiary/aromatic N) is 2. The molecule has 0 spiro atoms. The fraction of sp³-hybridized carbons (Fsp3) is 0.0435. The van der Waals surface area contributed by atoms with E-state index in [1.165, 1.54) is 70.7 Å². The fourth-order valence-corrected chi connectivity index (χ4v) is 8.54. The van der Waals surface area contributed by atoms with Crippen LogP contribution in [0.2, 0.25) is 0 Å². The molecule has 2 N–H and O–H groups in total. The predicted molar refractivity (Wildman–Crippen MR) is 211 cm³/mol. The molecule has 3 heterocycles. The predicted octanol–water partition coefficient (Wildman–Crippen LogP) is 12.0. The number of benzene rings is 8. The third-order valence-corrected chi connectivity index (χ3v) is 10.8. The molecule has 2 atom stereocenters. The number of nitrogens with one attached hydrogen (secondary N) is 2. The molecule has 0 fully saturated rings. The van der Waals surface area contributed by atoms with Gasteiger partial charge in [0.2, 0.25) is 0 Å². The minimum atomic E-state index is -0.106. The number of hydrogen-bond donors (Lipinski definition) is 2. The van der Waals surface area contributed by atoms with Crippen LogP contribution >= 0.6 is 0 Å². The van der Waals surface area contributed by atoms with Gasteiger partial charge in [-0.2, -0.15) is 0 Å². The van der Waals surface area contributed by atoms with Gasteiger partial charge in [-0.05, 0) is 75.6 Å². The molecule has 2 unspecified atom stereocenters. The largest absolute Gasteiger partial charge is 0.373 e. The standard InChI is InChI=1S/C46H32N4/c1-2-13-30(14-3-1)45-46(48-39-20-10-9-19-38(39)47-45)50-41-25-22-29-12-6-7-17-34(29)44(41)36-24-23-33(28-43(36)50)49-40-21-11-8-18-35(40)37-26-31-15-4-5-16-32(31)27-42(37)49/h1-28,45-48H. The molecule has 0 radical (unpaired) electrons. The Labute approximate surface area is 288 Å². The second-order valence-corrected chi connectivity index (χ2v) is 13.5. The summed E-state index contributed by atoms with van der Waals surface area (Å²) in [6.07, 6.45) is -0.106. The monoisotopic (exact) mass is 640 g/mol. The van der Waals surface area contributed by atoms with Gasteiger partial charge in [-0.3, -0.25) is 0 Å². The number of fused-ring (bicyclic) bond motifs is 10. The van der Waals surface area contributed by atoms with E-state index in [1.54, 1.807) is 0 Å². The average molecular weight is 641 g/mol. The van der Waals surface area contributed by atoms with Crippen molar-refractivity contribution in [1.82, 2.24) is 9.13 Å². The van der Waals surface area contributed by atoms with Crippen molar-refractivity contribution in [3.63, 3.8) is 0 Å². The molecule has 4 nitrogen and oxygen atoms in total. The van der Waals surface area contributed by atoms with Gasteiger partial charge in [-0.1, -0.05) is 121 Å². The van der Waals surface area contributed by atoms with Gasteiger partial charge in [-0.15, -0.1) is 0 Å². The summed E-state index contributed by atoms with van der Waals surface area (Å²) >= 11 is 0. The molecule has 2 aromatic heterocycles. The van der Waals surface area contributed by atoms with E-state index < -0.39 is 0 Å². The highest BCUT2D eigenvalue weighted by atomic mass is 15.3. The van der Waals surface area contributed by atoms with Crippen LogP contribution in [-0.4, -0.2) is 9.13 Å². The Bertz CT molecular complexity index is 2950. The van der Waals surface area contributed by atoms with Crippen molar-refractivity contribution in [2.24, 2.45) is 0 Å². The quantitative estimate of drug-likeness (QED) is 0.201. The molecule has 236 valence electrons. The normalized spacial score (nSPS) is 15.9. The van der Waals surface area contributed by atoms with Crippen LogP contribution in [0.15, 0.2) is 170 Å². The molecule has 11 rings (SSSR count). The molecule has 8 aromatic carbocycles. The summed E-state index contributed by atoms with van der Waals surface area (Å²) in [5, 5.41) is 18.0. The number of aromatic nitrogens is 2. The Morgan fingerprint density at radius 1 is 0.400 bits per heavy atom. The molecule has 1 aliphatic rings. The molecule has 4 heteroatoms.